The predicted molar refractivity (Wildman–Crippen MR) is 107 cm³/mol. The molecule has 1 N–H and O–H groups in total. The van der Waals surface area contributed by atoms with E-state index in [-0.39, 0.29) is 0 Å². The van der Waals surface area contributed by atoms with Crippen LogP contribution in [0.15, 0.2) is 48.7 Å². The third-order valence-corrected chi connectivity index (χ3v) is 4.98. The van der Waals surface area contributed by atoms with Crippen LogP contribution in [0, 0.1) is 6.92 Å². The van der Waals surface area contributed by atoms with Gasteiger partial charge in [-0.2, -0.15) is 0 Å². The zero-order chi connectivity index (χ0) is 17.3. The minimum Gasteiger partial charge on any atom is -0.350 e. The first-order chi connectivity index (χ1) is 11.5. The van der Waals surface area contributed by atoms with Gasteiger partial charge < -0.3 is 14.8 Å². The summed E-state index contributed by atoms with van der Waals surface area (Å²) in [4.78, 5) is 2.03. The molecule has 0 spiro atoms. The summed E-state index contributed by atoms with van der Waals surface area (Å²) in [6.45, 7) is 2.73. The molecule has 2 aromatic carbocycles. The maximum Gasteiger partial charge on any atom is 0.173 e. The van der Waals surface area contributed by atoms with Crippen molar-refractivity contribution in [1.29, 1.82) is 0 Å². The zero-order valence-electron chi connectivity index (χ0n) is 14.0. The van der Waals surface area contributed by atoms with Crippen LogP contribution in [0.5, 0.6) is 0 Å². The van der Waals surface area contributed by atoms with Gasteiger partial charge in [0.2, 0.25) is 0 Å². The summed E-state index contributed by atoms with van der Waals surface area (Å²) >= 11 is 11.7. The van der Waals surface area contributed by atoms with Gasteiger partial charge in [0.05, 0.1) is 0 Å². The van der Waals surface area contributed by atoms with Crippen LogP contribution in [0.25, 0.3) is 10.9 Å². The second-order valence-electron chi connectivity index (χ2n) is 6.03. The van der Waals surface area contributed by atoms with Crippen molar-refractivity contribution in [3.63, 3.8) is 0 Å². The molecule has 24 heavy (non-hydrogen) atoms. The van der Waals surface area contributed by atoms with Gasteiger partial charge in [-0.05, 0) is 48.5 Å². The number of nitrogens with zero attached hydrogens (tertiary/aromatic N) is 2. The molecule has 3 aromatic rings. The molecular weight excluding hydrogens is 338 g/mol. The Labute approximate surface area is 152 Å². The molecule has 124 valence electrons. The molecule has 3 rings (SSSR count). The molecule has 0 unspecified atom stereocenters. The normalized spacial score (nSPS) is 10.8. The lowest BCUT2D eigenvalue weighted by molar-refractivity contribution is 0.510. The van der Waals surface area contributed by atoms with E-state index in [1.54, 1.807) is 0 Å². The van der Waals surface area contributed by atoms with Crippen molar-refractivity contribution in [1.82, 2.24) is 9.47 Å². The van der Waals surface area contributed by atoms with Gasteiger partial charge in [0, 0.05) is 48.4 Å². The average Bonchev–Trinajstić information content (AvgIpc) is 2.87. The molecule has 0 aliphatic rings. The van der Waals surface area contributed by atoms with E-state index in [2.05, 4.69) is 47.4 Å². The molecule has 1 heterocycles. The van der Waals surface area contributed by atoms with Crippen molar-refractivity contribution in [2.24, 2.45) is 7.05 Å². The van der Waals surface area contributed by atoms with Crippen molar-refractivity contribution in [3.8, 4) is 0 Å². The van der Waals surface area contributed by atoms with Gasteiger partial charge in [0.25, 0.3) is 0 Å². The minimum absolute atomic E-state index is 0.669. The number of benzene rings is 2. The number of hydrogen-bond donors (Lipinski definition) is 1. The van der Waals surface area contributed by atoms with Crippen LogP contribution in [0.1, 0.15) is 11.1 Å². The van der Waals surface area contributed by atoms with Gasteiger partial charge in [-0.1, -0.05) is 35.9 Å². The van der Waals surface area contributed by atoms with Crippen LogP contribution in [0.4, 0.5) is 5.69 Å². The fraction of sp³-hybridized carbons (Fsp3) is 0.211. The molecule has 3 nitrogen and oxygen atoms in total. The first-order valence-corrected chi connectivity index (χ1v) is 8.55. The van der Waals surface area contributed by atoms with Gasteiger partial charge >= 0.3 is 0 Å². The van der Waals surface area contributed by atoms with E-state index < -0.39 is 0 Å². The monoisotopic (exact) mass is 357 g/mol. The van der Waals surface area contributed by atoms with Crippen LogP contribution in [-0.2, 0) is 13.6 Å². The fourth-order valence-electron chi connectivity index (χ4n) is 2.77. The predicted octanol–water partition coefficient (Wildman–Crippen LogP) is 4.97. The number of fused-ring (bicyclic) bond motifs is 1. The lowest BCUT2D eigenvalue weighted by Crippen LogP contribution is -2.30. The van der Waals surface area contributed by atoms with Crippen molar-refractivity contribution in [2.75, 3.05) is 12.4 Å². The quantitative estimate of drug-likeness (QED) is 0.668. The number of aromatic nitrogens is 1. The second-order valence-corrected chi connectivity index (χ2v) is 6.83. The second kappa shape index (κ2) is 6.83. The highest BCUT2D eigenvalue weighted by atomic mass is 35.5. The first-order valence-electron chi connectivity index (χ1n) is 7.77. The summed E-state index contributed by atoms with van der Waals surface area (Å²) in [7, 11) is 4.06. The highest BCUT2D eigenvalue weighted by Crippen LogP contribution is 2.23. The Bertz CT molecular complexity index is 901. The van der Waals surface area contributed by atoms with E-state index in [0.717, 1.165) is 22.8 Å². The minimum atomic E-state index is 0.669. The van der Waals surface area contributed by atoms with Gasteiger partial charge in [-0.3, -0.25) is 0 Å². The highest BCUT2D eigenvalue weighted by molar-refractivity contribution is 7.80. The third-order valence-electron chi connectivity index (χ3n) is 4.16. The average molecular weight is 358 g/mol. The van der Waals surface area contributed by atoms with E-state index in [4.69, 9.17) is 23.8 Å². The summed E-state index contributed by atoms with van der Waals surface area (Å²) in [5.74, 6) is 0. The van der Waals surface area contributed by atoms with Crippen LogP contribution < -0.4 is 5.32 Å². The number of hydrogen-bond acceptors (Lipinski definition) is 1. The maximum absolute atomic E-state index is 6.18. The summed E-state index contributed by atoms with van der Waals surface area (Å²) in [5.41, 5.74) is 4.43. The molecule has 5 heteroatoms. The molecule has 0 saturated carbocycles. The van der Waals surface area contributed by atoms with E-state index in [1.165, 1.54) is 16.5 Å². The van der Waals surface area contributed by atoms with E-state index in [0.29, 0.717) is 5.11 Å². The summed E-state index contributed by atoms with van der Waals surface area (Å²) < 4.78 is 2.15. The first kappa shape index (κ1) is 16.8. The number of halogens is 1. The number of para-hydroxylation sites is 1. The van der Waals surface area contributed by atoms with E-state index in [9.17, 15) is 0 Å². The number of thiocarbonyl (C=S) groups is 1. The lowest BCUT2D eigenvalue weighted by Gasteiger charge is -2.21. The van der Waals surface area contributed by atoms with E-state index >= 15 is 0 Å². The standard InChI is InChI=1S/C19H20ClN3S/c1-13-8-9-15(10-17(13)20)21-19(24)23(3)12-14-11-22(2)18-7-5-4-6-16(14)18/h4-11H,12H2,1-3H3,(H,21,24). The van der Waals surface area contributed by atoms with E-state index in [1.807, 2.05) is 37.1 Å². The van der Waals surface area contributed by atoms with Crippen molar-refractivity contribution in [3.05, 3.63) is 64.8 Å². The lowest BCUT2D eigenvalue weighted by atomic mass is 10.2. The molecule has 0 aliphatic heterocycles. The summed E-state index contributed by atoms with van der Waals surface area (Å²) in [6, 6.07) is 14.3. The number of rotatable bonds is 3. The third kappa shape index (κ3) is 3.40. The fourth-order valence-corrected chi connectivity index (χ4v) is 3.13. The number of anilines is 1. The zero-order valence-corrected chi connectivity index (χ0v) is 15.6. The van der Waals surface area contributed by atoms with Crippen molar-refractivity contribution in [2.45, 2.75) is 13.5 Å². The number of nitrogens with one attached hydrogen (secondary N) is 1. The van der Waals surface area contributed by atoms with Crippen LogP contribution in [0.3, 0.4) is 0 Å². The Morgan fingerprint density at radius 3 is 2.75 bits per heavy atom. The topological polar surface area (TPSA) is 20.2 Å². The van der Waals surface area contributed by atoms with Gasteiger partial charge in [0.15, 0.2) is 5.11 Å². The molecule has 0 radical (unpaired) electrons. The molecule has 0 atom stereocenters. The number of aryl methyl sites for hydroxylation is 2. The maximum atomic E-state index is 6.18. The Hall–Kier alpha value is -2.04. The van der Waals surface area contributed by atoms with Gasteiger partial charge in [-0.25, -0.2) is 0 Å². The van der Waals surface area contributed by atoms with Gasteiger partial charge in [0.1, 0.15) is 0 Å². The van der Waals surface area contributed by atoms with Crippen LogP contribution in [-0.4, -0.2) is 21.6 Å². The summed E-state index contributed by atoms with van der Waals surface area (Å²) in [6.07, 6.45) is 2.16. The highest BCUT2D eigenvalue weighted by Gasteiger charge is 2.11. The smallest absolute Gasteiger partial charge is 0.173 e. The van der Waals surface area contributed by atoms with Crippen LogP contribution >= 0.6 is 23.8 Å². The molecule has 0 amide bonds. The molecular formula is C19H20ClN3S. The Morgan fingerprint density at radius 1 is 1.25 bits per heavy atom. The van der Waals surface area contributed by atoms with Gasteiger partial charge in [-0.15, -0.1) is 0 Å². The largest absolute Gasteiger partial charge is 0.350 e. The molecule has 1 aromatic heterocycles. The summed E-state index contributed by atoms with van der Waals surface area (Å²) in [5, 5.41) is 5.91. The van der Waals surface area contributed by atoms with Crippen molar-refractivity contribution >= 4 is 45.5 Å². The molecule has 0 bridgehead atoms. The Kier molecular flexibility index (Phi) is 4.78. The Balaban J connectivity index is 1.74. The SMILES string of the molecule is Cc1ccc(NC(=S)N(C)Cc2cn(C)c3ccccc23)cc1Cl. The Morgan fingerprint density at radius 2 is 2.00 bits per heavy atom. The molecule has 0 fully saturated rings. The van der Waals surface area contributed by atoms with Crippen LogP contribution in [0.2, 0.25) is 5.02 Å². The molecule has 0 saturated heterocycles. The van der Waals surface area contributed by atoms with Crippen molar-refractivity contribution < 1.29 is 0 Å². The molecule has 0 aliphatic carbocycles.